The summed E-state index contributed by atoms with van der Waals surface area (Å²) in [4.78, 5) is 8.59. The third kappa shape index (κ3) is 4.70. The van der Waals surface area contributed by atoms with Crippen LogP contribution in [-0.2, 0) is 6.42 Å². The summed E-state index contributed by atoms with van der Waals surface area (Å²) < 4.78 is 13.0. The fourth-order valence-electron chi connectivity index (χ4n) is 2.05. The number of hydrogen-bond acceptors (Lipinski definition) is 4. The maximum Gasteiger partial charge on any atom is 0.146 e. The van der Waals surface area contributed by atoms with Gasteiger partial charge in [-0.1, -0.05) is 13.0 Å². The highest BCUT2D eigenvalue weighted by atomic mass is 19.1. The Morgan fingerprint density at radius 3 is 2.48 bits per heavy atom. The van der Waals surface area contributed by atoms with Crippen molar-refractivity contribution in [1.29, 1.82) is 0 Å². The summed E-state index contributed by atoms with van der Waals surface area (Å²) in [6.45, 7) is 5.65. The SMILES string of the molecule is CCCNc1cncc(NCCc2ccc(F)cc2C)n1. The molecule has 5 heteroatoms. The van der Waals surface area contributed by atoms with E-state index in [1.807, 2.05) is 13.0 Å². The van der Waals surface area contributed by atoms with Crippen LogP contribution in [0.15, 0.2) is 30.6 Å². The number of nitrogens with zero attached hydrogens (tertiary/aromatic N) is 2. The summed E-state index contributed by atoms with van der Waals surface area (Å²) >= 11 is 0. The van der Waals surface area contributed by atoms with Crippen molar-refractivity contribution in [2.75, 3.05) is 23.7 Å². The van der Waals surface area contributed by atoms with Crippen molar-refractivity contribution in [2.45, 2.75) is 26.7 Å². The smallest absolute Gasteiger partial charge is 0.146 e. The third-order valence-corrected chi connectivity index (χ3v) is 3.20. The maximum absolute atomic E-state index is 13.0. The van der Waals surface area contributed by atoms with Crippen LogP contribution in [0.2, 0.25) is 0 Å². The van der Waals surface area contributed by atoms with Gasteiger partial charge in [0, 0.05) is 13.1 Å². The van der Waals surface area contributed by atoms with E-state index < -0.39 is 0 Å². The first-order chi connectivity index (χ1) is 10.2. The molecule has 2 N–H and O–H groups in total. The van der Waals surface area contributed by atoms with Gasteiger partial charge >= 0.3 is 0 Å². The minimum atomic E-state index is -0.190. The van der Waals surface area contributed by atoms with E-state index in [1.54, 1.807) is 18.5 Å². The molecular formula is C16H21FN4. The van der Waals surface area contributed by atoms with Crippen molar-refractivity contribution in [2.24, 2.45) is 0 Å². The van der Waals surface area contributed by atoms with Gasteiger partial charge in [-0.25, -0.2) is 9.37 Å². The Kier molecular flexibility index (Phi) is 5.49. The third-order valence-electron chi connectivity index (χ3n) is 3.20. The largest absolute Gasteiger partial charge is 0.369 e. The second-order valence-electron chi connectivity index (χ2n) is 4.96. The number of benzene rings is 1. The van der Waals surface area contributed by atoms with E-state index in [-0.39, 0.29) is 5.82 Å². The van der Waals surface area contributed by atoms with Gasteiger partial charge in [0.2, 0.25) is 0 Å². The normalized spacial score (nSPS) is 10.4. The summed E-state index contributed by atoms with van der Waals surface area (Å²) in [5.74, 6) is 1.33. The Morgan fingerprint density at radius 1 is 1.10 bits per heavy atom. The average molecular weight is 288 g/mol. The Morgan fingerprint density at radius 2 is 1.81 bits per heavy atom. The number of hydrogen-bond donors (Lipinski definition) is 2. The molecule has 0 aliphatic rings. The van der Waals surface area contributed by atoms with Crippen molar-refractivity contribution in [3.05, 3.63) is 47.5 Å². The van der Waals surface area contributed by atoms with E-state index in [9.17, 15) is 4.39 Å². The standard InChI is InChI=1S/C16H21FN4/c1-3-7-19-15-10-18-11-16(21-15)20-8-6-13-4-5-14(17)9-12(13)2/h4-5,9-11H,3,6-8H2,1-2H3,(H2,19,20,21). The van der Waals surface area contributed by atoms with Crippen molar-refractivity contribution in [3.8, 4) is 0 Å². The molecule has 0 spiro atoms. The summed E-state index contributed by atoms with van der Waals surface area (Å²) in [5.41, 5.74) is 2.11. The van der Waals surface area contributed by atoms with Crippen LogP contribution in [0, 0.1) is 12.7 Å². The highest BCUT2D eigenvalue weighted by molar-refractivity contribution is 5.41. The second-order valence-corrected chi connectivity index (χ2v) is 4.96. The summed E-state index contributed by atoms with van der Waals surface area (Å²) in [5, 5.41) is 6.45. The Bertz CT molecular complexity index is 586. The minimum absolute atomic E-state index is 0.190. The molecule has 1 aromatic carbocycles. The topological polar surface area (TPSA) is 49.8 Å². The molecule has 0 fully saturated rings. The van der Waals surface area contributed by atoms with Crippen LogP contribution in [0.25, 0.3) is 0 Å². The number of rotatable bonds is 7. The van der Waals surface area contributed by atoms with Crippen LogP contribution < -0.4 is 10.6 Å². The molecule has 0 bridgehead atoms. The predicted octanol–water partition coefficient (Wildman–Crippen LogP) is 3.40. The van der Waals surface area contributed by atoms with Gasteiger partial charge in [0.05, 0.1) is 12.4 Å². The van der Waals surface area contributed by atoms with Crippen LogP contribution >= 0.6 is 0 Å². The van der Waals surface area contributed by atoms with Gasteiger partial charge < -0.3 is 10.6 Å². The van der Waals surface area contributed by atoms with Crippen LogP contribution in [0.4, 0.5) is 16.0 Å². The second kappa shape index (κ2) is 7.57. The van der Waals surface area contributed by atoms with Crippen molar-refractivity contribution in [1.82, 2.24) is 9.97 Å². The van der Waals surface area contributed by atoms with Gasteiger partial charge in [0.15, 0.2) is 0 Å². The van der Waals surface area contributed by atoms with Crippen LogP contribution in [0.3, 0.4) is 0 Å². The quantitative estimate of drug-likeness (QED) is 0.820. The molecule has 0 aliphatic heterocycles. The molecule has 2 rings (SSSR count). The highest BCUT2D eigenvalue weighted by Gasteiger charge is 2.01. The van der Waals surface area contributed by atoms with E-state index in [2.05, 4.69) is 27.5 Å². The van der Waals surface area contributed by atoms with Crippen LogP contribution in [0.5, 0.6) is 0 Å². The fraction of sp³-hybridized carbons (Fsp3) is 0.375. The van der Waals surface area contributed by atoms with Crippen LogP contribution in [0.1, 0.15) is 24.5 Å². The lowest BCUT2D eigenvalue weighted by Gasteiger charge is -2.09. The molecule has 2 aromatic rings. The highest BCUT2D eigenvalue weighted by Crippen LogP contribution is 2.12. The zero-order chi connectivity index (χ0) is 15.1. The van der Waals surface area contributed by atoms with Crippen molar-refractivity contribution >= 4 is 11.6 Å². The number of nitrogens with one attached hydrogen (secondary N) is 2. The molecule has 1 heterocycles. The monoisotopic (exact) mass is 288 g/mol. The number of aryl methyl sites for hydroxylation is 1. The first-order valence-corrected chi connectivity index (χ1v) is 7.24. The Labute approximate surface area is 124 Å². The van der Waals surface area contributed by atoms with Crippen LogP contribution in [-0.4, -0.2) is 23.1 Å². The molecule has 0 unspecified atom stereocenters. The van der Waals surface area contributed by atoms with E-state index in [4.69, 9.17) is 0 Å². The van der Waals surface area contributed by atoms with E-state index in [0.717, 1.165) is 48.7 Å². The lowest BCUT2D eigenvalue weighted by Crippen LogP contribution is -2.09. The van der Waals surface area contributed by atoms with E-state index in [0.29, 0.717) is 0 Å². The van der Waals surface area contributed by atoms with Crippen molar-refractivity contribution in [3.63, 3.8) is 0 Å². The first-order valence-electron chi connectivity index (χ1n) is 7.24. The molecule has 0 saturated heterocycles. The lowest BCUT2D eigenvalue weighted by atomic mass is 10.1. The van der Waals surface area contributed by atoms with Gasteiger partial charge in [-0.05, 0) is 43.0 Å². The number of aromatic nitrogens is 2. The molecule has 21 heavy (non-hydrogen) atoms. The summed E-state index contributed by atoms with van der Waals surface area (Å²) in [7, 11) is 0. The van der Waals surface area contributed by atoms with Gasteiger partial charge in [-0.2, -0.15) is 0 Å². The van der Waals surface area contributed by atoms with E-state index in [1.165, 1.54) is 6.07 Å². The van der Waals surface area contributed by atoms with Gasteiger partial charge in [-0.15, -0.1) is 0 Å². The molecule has 0 aliphatic carbocycles. The lowest BCUT2D eigenvalue weighted by molar-refractivity contribution is 0.625. The van der Waals surface area contributed by atoms with Gasteiger partial charge in [0.25, 0.3) is 0 Å². The average Bonchev–Trinajstić information content (AvgIpc) is 2.48. The maximum atomic E-state index is 13.0. The predicted molar refractivity (Wildman–Crippen MR) is 84.1 cm³/mol. The zero-order valence-corrected chi connectivity index (χ0v) is 12.5. The van der Waals surface area contributed by atoms with Gasteiger partial charge in [-0.3, -0.25) is 4.98 Å². The first kappa shape index (κ1) is 15.2. The molecule has 0 radical (unpaired) electrons. The number of anilines is 2. The fourth-order valence-corrected chi connectivity index (χ4v) is 2.05. The van der Waals surface area contributed by atoms with Gasteiger partial charge in [0.1, 0.15) is 17.5 Å². The zero-order valence-electron chi connectivity index (χ0n) is 12.5. The summed E-state index contributed by atoms with van der Waals surface area (Å²) in [6, 6.07) is 4.89. The molecule has 0 amide bonds. The molecular weight excluding hydrogens is 267 g/mol. The Balaban J connectivity index is 1.88. The molecule has 1 aromatic heterocycles. The molecule has 0 saturated carbocycles. The Hall–Kier alpha value is -2.17. The molecule has 112 valence electrons. The van der Waals surface area contributed by atoms with Crippen molar-refractivity contribution < 1.29 is 4.39 Å². The number of halogens is 1. The molecule has 4 nitrogen and oxygen atoms in total. The molecule has 0 atom stereocenters. The van der Waals surface area contributed by atoms with E-state index >= 15 is 0 Å². The summed E-state index contributed by atoms with van der Waals surface area (Å²) in [6.07, 6.45) is 5.28. The minimum Gasteiger partial charge on any atom is -0.369 e.